The number of ether oxygens (including phenoxy) is 1. The molecule has 0 atom stereocenters. The summed E-state index contributed by atoms with van der Waals surface area (Å²) in [5, 5.41) is 0. The van der Waals surface area contributed by atoms with Crippen molar-refractivity contribution in [2.75, 3.05) is 18.9 Å². The third-order valence-corrected chi connectivity index (χ3v) is 4.28. The lowest BCUT2D eigenvalue weighted by Crippen LogP contribution is -2.25. The van der Waals surface area contributed by atoms with Crippen LogP contribution in [-0.4, -0.2) is 23.9 Å². The van der Waals surface area contributed by atoms with Crippen LogP contribution in [0.4, 0.5) is 0 Å². The van der Waals surface area contributed by atoms with E-state index in [9.17, 15) is 0 Å². The van der Waals surface area contributed by atoms with Gasteiger partial charge in [-0.25, -0.2) is 0 Å². The van der Waals surface area contributed by atoms with E-state index in [1.807, 2.05) is 20.0 Å². The number of rotatable bonds is 5. The molecule has 1 aromatic rings. The van der Waals surface area contributed by atoms with Gasteiger partial charge in [-0.15, -0.1) is 23.2 Å². The summed E-state index contributed by atoms with van der Waals surface area (Å²) in [6.45, 7) is 6.09. The van der Waals surface area contributed by atoms with Crippen molar-refractivity contribution in [2.45, 2.75) is 27.2 Å². The highest BCUT2D eigenvalue weighted by Crippen LogP contribution is 2.30. The Kier molecular flexibility index (Phi) is 5.08. The predicted molar refractivity (Wildman–Crippen MR) is 73.5 cm³/mol. The van der Waals surface area contributed by atoms with Crippen molar-refractivity contribution in [1.82, 2.24) is 4.98 Å². The molecule has 0 spiro atoms. The molecule has 0 bridgehead atoms. The maximum absolute atomic E-state index is 5.97. The van der Waals surface area contributed by atoms with E-state index < -0.39 is 0 Å². The number of hydrogen-bond donors (Lipinski definition) is 0. The van der Waals surface area contributed by atoms with Crippen molar-refractivity contribution in [1.29, 1.82) is 0 Å². The monoisotopic (exact) mass is 275 g/mol. The standard InChI is InChI=1S/C13H19Cl2NO/c1-9-6-16-11(10(2)12(9)17-4)5-13(3,7-14)8-15/h6H,5,7-8H2,1-4H3. The Balaban J connectivity index is 3.08. The molecule has 0 amide bonds. The van der Waals surface area contributed by atoms with E-state index in [1.165, 1.54) is 0 Å². The van der Waals surface area contributed by atoms with Crippen molar-refractivity contribution in [3.8, 4) is 5.75 Å². The minimum Gasteiger partial charge on any atom is -0.496 e. The molecule has 0 aromatic carbocycles. The lowest BCUT2D eigenvalue weighted by molar-refractivity contribution is 0.397. The van der Waals surface area contributed by atoms with Gasteiger partial charge in [0.1, 0.15) is 5.75 Å². The van der Waals surface area contributed by atoms with Gasteiger partial charge in [-0.3, -0.25) is 4.98 Å². The van der Waals surface area contributed by atoms with Gasteiger partial charge in [-0.1, -0.05) is 6.92 Å². The van der Waals surface area contributed by atoms with Crippen LogP contribution in [-0.2, 0) is 6.42 Å². The molecule has 0 fully saturated rings. The summed E-state index contributed by atoms with van der Waals surface area (Å²) in [7, 11) is 1.68. The molecule has 0 radical (unpaired) electrons. The minimum atomic E-state index is -0.124. The average molecular weight is 276 g/mol. The molecule has 0 saturated heterocycles. The van der Waals surface area contributed by atoms with Crippen molar-refractivity contribution < 1.29 is 4.74 Å². The maximum Gasteiger partial charge on any atom is 0.128 e. The lowest BCUT2D eigenvalue weighted by Gasteiger charge is -2.25. The number of aromatic nitrogens is 1. The third kappa shape index (κ3) is 3.26. The highest BCUT2D eigenvalue weighted by atomic mass is 35.5. The van der Waals surface area contributed by atoms with Crippen LogP contribution in [0.2, 0.25) is 0 Å². The summed E-state index contributed by atoms with van der Waals surface area (Å²) < 4.78 is 5.39. The smallest absolute Gasteiger partial charge is 0.128 e. The number of methoxy groups -OCH3 is 1. The quantitative estimate of drug-likeness (QED) is 0.764. The molecule has 1 aromatic heterocycles. The van der Waals surface area contributed by atoms with Gasteiger partial charge in [-0.05, 0) is 20.3 Å². The molecule has 4 heteroatoms. The second-order valence-electron chi connectivity index (χ2n) is 4.80. The number of aryl methyl sites for hydroxylation is 1. The Labute approximate surface area is 113 Å². The summed E-state index contributed by atoms with van der Waals surface area (Å²) in [4.78, 5) is 4.47. The van der Waals surface area contributed by atoms with E-state index in [0.29, 0.717) is 11.8 Å². The Morgan fingerprint density at radius 2 is 1.88 bits per heavy atom. The molecule has 0 aliphatic heterocycles. The summed E-state index contributed by atoms with van der Waals surface area (Å²) in [6, 6.07) is 0. The van der Waals surface area contributed by atoms with Gasteiger partial charge in [0.05, 0.1) is 7.11 Å². The number of halogens is 2. The Morgan fingerprint density at radius 1 is 1.29 bits per heavy atom. The summed E-state index contributed by atoms with van der Waals surface area (Å²) in [6.07, 6.45) is 2.60. The molecular formula is C13H19Cl2NO. The fourth-order valence-corrected chi connectivity index (χ4v) is 2.26. The summed E-state index contributed by atoms with van der Waals surface area (Å²) in [5.41, 5.74) is 3.01. The molecule has 0 N–H and O–H groups in total. The van der Waals surface area contributed by atoms with Gasteiger partial charge in [0.2, 0.25) is 0 Å². The number of nitrogens with zero attached hydrogens (tertiary/aromatic N) is 1. The van der Waals surface area contributed by atoms with Crippen LogP contribution < -0.4 is 4.74 Å². The second kappa shape index (κ2) is 5.92. The molecule has 0 unspecified atom stereocenters. The molecular weight excluding hydrogens is 257 g/mol. The van der Waals surface area contributed by atoms with E-state index in [1.54, 1.807) is 7.11 Å². The summed E-state index contributed by atoms with van der Waals surface area (Å²) >= 11 is 11.9. The van der Waals surface area contributed by atoms with Crippen LogP contribution >= 0.6 is 23.2 Å². The molecule has 96 valence electrons. The van der Waals surface area contributed by atoms with Gasteiger partial charge >= 0.3 is 0 Å². The van der Waals surface area contributed by atoms with Crippen LogP contribution in [0.3, 0.4) is 0 Å². The third-order valence-electron chi connectivity index (χ3n) is 2.99. The first-order chi connectivity index (χ1) is 7.97. The maximum atomic E-state index is 5.97. The van der Waals surface area contributed by atoms with Crippen molar-refractivity contribution in [2.24, 2.45) is 5.41 Å². The number of alkyl halides is 2. The zero-order valence-electron chi connectivity index (χ0n) is 10.8. The van der Waals surface area contributed by atoms with Crippen LogP contribution in [0.15, 0.2) is 6.20 Å². The lowest BCUT2D eigenvalue weighted by atomic mass is 9.88. The first-order valence-electron chi connectivity index (χ1n) is 5.58. The van der Waals surface area contributed by atoms with Crippen molar-refractivity contribution >= 4 is 23.2 Å². The fraction of sp³-hybridized carbons (Fsp3) is 0.615. The van der Waals surface area contributed by atoms with Gasteiger partial charge in [-0.2, -0.15) is 0 Å². The van der Waals surface area contributed by atoms with E-state index >= 15 is 0 Å². The van der Waals surface area contributed by atoms with Gasteiger partial charge < -0.3 is 4.74 Å². The van der Waals surface area contributed by atoms with Gasteiger partial charge in [0, 0.05) is 40.2 Å². The number of hydrogen-bond acceptors (Lipinski definition) is 2. The van der Waals surface area contributed by atoms with Crippen LogP contribution in [0, 0.1) is 19.3 Å². The topological polar surface area (TPSA) is 22.1 Å². The molecule has 0 aliphatic rings. The van der Waals surface area contributed by atoms with E-state index in [0.717, 1.165) is 29.0 Å². The van der Waals surface area contributed by atoms with E-state index in [-0.39, 0.29) is 5.41 Å². The molecule has 17 heavy (non-hydrogen) atoms. The van der Waals surface area contributed by atoms with Gasteiger partial charge in [0.15, 0.2) is 0 Å². The van der Waals surface area contributed by atoms with Crippen molar-refractivity contribution in [3.05, 3.63) is 23.0 Å². The van der Waals surface area contributed by atoms with Crippen molar-refractivity contribution in [3.63, 3.8) is 0 Å². The normalized spacial score (nSPS) is 11.6. The van der Waals surface area contributed by atoms with Crippen LogP contribution in [0.25, 0.3) is 0 Å². The molecule has 0 saturated carbocycles. The highest BCUT2D eigenvalue weighted by Gasteiger charge is 2.25. The Morgan fingerprint density at radius 3 is 2.35 bits per heavy atom. The minimum absolute atomic E-state index is 0.124. The zero-order valence-corrected chi connectivity index (χ0v) is 12.3. The Hall–Kier alpha value is -0.470. The fourth-order valence-electron chi connectivity index (χ4n) is 1.78. The zero-order chi connectivity index (χ0) is 13.1. The Bertz CT molecular complexity index is 389. The van der Waals surface area contributed by atoms with E-state index in [2.05, 4.69) is 11.9 Å². The molecule has 1 rings (SSSR count). The largest absolute Gasteiger partial charge is 0.496 e. The molecule has 1 heterocycles. The van der Waals surface area contributed by atoms with Crippen LogP contribution in [0.1, 0.15) is 23.7 Å². The van der Waals surface area contributed by atoms with E-state index in [4.69, 9.17) is 27.9 Å². The van der Waals surface area contributed by atoms with Gasteiger partial charge in [0.25, 0.3) is 0 Å². The predicted octanol–water partition coefficient (Wildman–Crippen LogP) is 3.73. The SMILES string of the molecule is COc1c(C)cnc(CC(C)(CCl)CCl)c1C. The first kappa shape index (κ1) is 14.6. The number of pyridine rings is 1. The molecule has 2 nitrogen and oxygen atoms in total. The first-order valence-corrected chi connectivity index (χ1v) is 6.65. The second-order valence-corrected chi connectivity index (χ2v) is 5.34. The average Bonchev–Trinajstić information content (AvgIpc) is 2.33. The highest BCUT2D eigenvalue weighted by molar-refractivity contribution is 6.21. The summed E-state index contributed by atoms with van der Waals surface area (Å²) in [5.74, 6) is 1.95. The van der Waals surface area contributed by atoms with Crippen LogP contribution in [0.5, 0.6) is 5.75 Å². The molecule has 0 aliphatic carbocycles.